The molecule has 48 valence electrons. The van der Waals surface area contributed by atoms with E-state index in [-0.39, 0.29) is 0 Å². The van der Waals surface area contributed by atoms with Crippen LogP contribution in [-0.4, -0.2) is 23.1 Å². The Hall–Kier alpha value is -0.430. The summed E-state index contributed by atoms with van der Waals surface area (Å²) in [6, 6.07) is 0. The molecule has 0 amide bonds. The number of nitrogens with zero attached hydrogens (tertiary/aromatic N) is 1. The predicted molar refractivity (Wildman–Crippen MR) is 26.2 cm³/mol. The molecular formula is CH3NO4S2. The van der Waals surface area contributed by atoms with Crippen molar-refractivity contribution >= 4 is 20.5 Å². The van der Waals surface area contributed by atoms with Crippen LogP contribution in [0.2, 0.25) is 0 Å². The molecule has 0 aromatic heterocycles. The molecule has 0 aromatic carbocycles. The summed E-state index contributed by atoms with van der Waals surface area (Å²) in [7, 11) is -6.56. The minimum atomic E-state index is -3.71. The number of rotatable bonds is 1. The van der Waals surface area contributed by atoms with E-state index in [9.17, 15) is 16.8 Å². The van der Waals surface area contributed by atoms with Crippen molar-refractivity contribution in [1.29, 1.82) is 0 Å². The molecule has 0 spiro atoms. The average Bonchev–Trinajstić information content (AvgIpc) is 1.21. The highest BCUT2D eigenvalue weighted by molar-refractivity contribution is 7.93. The Balaban J connectivity index is 4.93. The van der Waals surface area contributed by atoms with E-state index in [4.69, 9.17) is 0 Å². The second-order valence-electron chi connectivity index (χ2n) is 1.02. The fraction of sp³-hybridized carbons (Fsp3) is 1.00. The van der Waals surface area contributed by atoms with Gasteiger partial charge in [-0.05, 0) is 3.77 Å². The van der Waals surface area contributed by atoms with Gasteiger partial charge < -0.3 is 0 Å². The molecule has 0 bridgehead atoms. The normalized spacial score (nSPS) is 10.6. The van der Waals surface area contributed by atoms with Crippen molar-refractivity contribution in [2.45, 2.75) is 0 Å². The second-order valence-corrected chi connectivity index (χ2v) is 3.52. The first-order valence-corrected chi connectivity index (χ1v) is 4.32. The molecule has 0 heterocycles. The molecule has 0 atom stereocenters. The van der Waals surface area contributed by atoms with E-state index in [1.54, 1.807) is 0 Å². The van der Waals surface area contributed by atoms with Crippen molar-refractivity contribution in [3.8, 4) is 0 Å². The van der Waals surface area contributed by atoms with Crippen molar-refractivity contribution in [2.75, 3.05) is 6.26 Å². The third-order valence-corrected chi connectivity index (χ3v) is 1.77. The summed E-state index contributed by atoms with van der Waals surface area (Å²) in [5.41, 5.74) is 0. The molecule has 0 aliphatic carbocycles. The molecule has 0 unspecified atom stereocenters. The third kappa shape index (κ3) is 5.57. The smallest absolute Gasteiger partial charge is 0.204 e. The van der Waals surface area contributed by atoms with Gasteiger partial charge in [0.05, 0.1) is 6.26 Å². The number of hydrogen-bond acceptors (Lipinski definition) is 4. The van der Waals surface area contributed by atoms with E-state index in [0.29, 0.717) is 6.26 Å². The number of hydrogen-bond donors (Lipinski definition) is 0. The van der Waals surface area contributed by atoms with Gasteiger partial charge >= 0.3 is 10.5 Å². The molecule has 0 fully saturated rings. The van der Waals surface area contributed by atoms with Crippen LogP contribution < -0.4 is 0 Å². The highest BCUT2D eigenvalue weighted by atomic mass is 32.2. The molecule has 0 saturated heterocycles. The molecule has 7 heteroatoms. The van der Waals surface area contributed by atoms with Crippen LogP contribution in [0, 0.1) is 0 Å². The molecule has 8 heavy (non-hydrogen) atoms. The zero-order valence-electron chi connectivity index (χ0n) is 3.90. The summed E-state index contributed by atoms with van der Waals surface area (Å²) >= 11 is 0. The van der Waals surface area contributed by atoms with Crippen LogP contribution in [0.3, 0.4) is 0 Å². The minimum Gasteiger partial charge on any atom is -0.204 e. The zero-order valence-corrected chi connectivity index (χ0v) is 5.53. The molecule has 0 aliphatic heterocycles. The second kappa shape index (κ2) is 2.23. The lowest BCUT2D eigenvalue weighted by molar-refractivity contribution is 0.601. The maximum Gasteiger partial charge on any atom is 0.326 e. The summed E-state index contributed by atoms with van der Waals surface area (Å²) in [6.45, 7) is 0. The largest absolute Gasteiger partial charge is 0.326 e. The molecule has 0 aliphatic rings. The highest BCUT2D eigenvalue weighted by Crippen LogP contribution is 1.79. The Morgan fingerprint density at radius 3 is 1.75 bits per heavy atom. The monoisotopic (exact) mass is 157 g/mol. The van der Waals surface area contributed by atoms with Gasteiger partial charge in [-0.2, -0.15) is 8.42 Å². The van der Waals surface area contributed by atoms with E-state index >= 15 is 0 Å². The number of sulfonamides is 1. The molecule has 0 rings (SSSR count). The first-order chi connectivity index (χ1) is 3.42. The Morgan fingerprint density at radius 2 is 1.75 bits per heavy atom. The van der Waals surface area contributed by atoms with Gasteiger partial charge in [-0.25, -0.2) is 8.42 Å². The van der Waals surface area contributed by atoms with Gasteiger partial charge in [0.15, 0.2) is 0 Å². The van der Waals surface area contributed by atoms with Gasteiger partial charge in [-0.15, -0.1) is 0 Å². The lowest BCUT2D eigenvalue weighted by atomic mass is 12.0. The standard InChI is InChI=1S/CH3NO4S2/c1-8(5,6)2-7(3)4/h1H3. The van der Waals surface area contributed by atoms with E-state index < -0.39 is 20.5 Å². The summed E-state index contributed by atoms with van der Waals surface area (Å²) in [5.74, 6) is 0. The summed E-state index contributed by atoms with van der Waals surface area (Å²) < 4.78 is 41.0. The van der Waals surface area contributed by atoms with Gasteiger partial charge in [0.2, 0.25) is 0 Å². The van der Waals surface area contributed by atoms with Crippen molar-refractivity contribution in [3.05, 3.63) is 0 Å². The Morgan fingerprint density at radius 1 is 1.38 bits per heavy atom. The van der Waals surface area contributed by atoms with Crippen LogP contribution in [0.5, 0.6) is 0 Å². The van der Waals surface area contributed by atoms with Gasteiger partial charge in [0.1, 0.15) is 0 Å². The van der Waals surface area contributed by atoms with Crippen LogP contribution in [0.1, 0.15) is 0 Å². The molecule has 0 saturated carbocycles. The van der Waals surface area contributed by atoms with Crippen LogP contribution in [0.4, 0.5) is 0 Å². The van der Waals surface area contributed by atoms with Crippen LogP contribution in [0.25, 0.3) is 0 Å². The third-order valence-electron chi connectivity index (χ3n) is 0.196. The van der Waals surface area contributed by atoms with Crippen molar-refractivity contribution in [2.24, 2.45) is 3.77 Å². The molecule has 0 aromatic rings. The molecule has 0 N–H and O–H groups in total. The summed E-state index contributed by atoms with van der Waals surface area (Å²) in [5, 5.41) is 0. The highest BCUT2D eigenvalue weighted by Gasteiger charge is 1.93. The van der Waals surface area contributed by atoms with Crippen molar-refractivity contribution in [1.82, 2.24) is 0 Å². The fourth-order valence-electron chi connectivity index (χ4n) is 0.111. The summed E-state index contributed by atoms with van der Waals surface area (Å²) in [4.78, 5) is 0. The SMILES string of the molecule is CS(=O)(=O)N=S(=O)=O. The summed E-state index contributed by atoms with van der Waals surface area (Å²) in [6.07, 6.45) is 0.697. The molecule has 5 nitrogen and oxygen atoms in total. The maximum absolute atomic E-state index is 9.88. The average molecular weight is 157 g/mol. The van der Waals surface area contributed by atoms with E-state index in [0.717, 1.165) is 0 Å². The first kappa shape index (κ1) is 7.57. The van der Waals surface area contributed by atoms with Gasteiger partial charge in [0.25, 0.3) is 10.0 Å². The Kier molecular flexibility index (Phi) is 2.11. The molecule has 0 radical (unpaired) electrons. The lowest BCUT2D eigenvalue weighted by Crippen LogP contribution is -1.87. The molecular weight excluding hydrogens is 154 g/mol. The predicted octanol–water partition coefficient (Wildman–Crippen LogP) is -0.991. The van der Waals surface area contributed by atoms with E-state index in [1.165, 1.54) is 0 Å². The Labute approximate surface area is 48.1 Å². The minimum absolute atomic E-state index is 0.697. The van der Waals surface area contributed by atoms with E-state index in [2.05, 4.69) is 3.77 Å². The lowest BCUT2D eigenvalue weighted by Gasteiger charge is -1.72. The van der Waals surface area contributed by atoms with E-state index in [1.807, 2.05) is 0 Å². The van der Waals surface area contributed by atoms with Crippen LogP contribution >= 0.6 is 0 Å². The van der Waals surface area contributed by atoms with Crippen molar-refractivity contribution in [3.63, 3.8) is 0 Å². The Bertz CT molecular complexity index is 272. The quantitative estimate of drug-likeness (QED) is 0.489. The maximum atomic E-state index is 9.88. The zero-order chi connectivity index (χ0) is 6.78. The van der Waals surface area contributed by atoms with Crippen LogP contribution in [-0.2, 0) is 20.5 Å². The fourth-order valence-corrected chi connectivity index (χ4v) is 0.995. The van der Waals surface area contributed by atoms with Crippen LogP contribution in [0.15, 0.2) is 3.77 Å². The van der Waals surface area contributed by atoms with Gasteiger partial charge in [0, 0.05) is 0 Å². The topological polar surface area (TPSA) is 80.6 Å². The van der Waals surface area contributed by atoms with Gasteiger partial charge in [-0.3, -0.25) is 0 Å². The van der Waals surface area contributed by atoms with Crippen molar-refractivity contribution < 1.29 is 16.8 Å². The van der Waals surface area contributed by atoms with Gasteiger partial charge in [-0.1, -0.05) is 0 Å². The first-order valence-electron chi connectivity index (χ1n) is 1.44.